The Bertz CT molecular complexity index is 645. The molecule has 0 N–H and O–H groups in total. The van der Waals surface area contributed by atoms with Crippen molar-refractivity contribution in [1.82, 2.24) is 0 Å². The lowest BCUT2D eigenvalue weighted by Crippen LogP contribution is -2.03. The van der Waals surface area contributed by atoms with Crippen LogP contribution in [0.5, 0.6) is 11.5 Å². The van der Waals surface area contributed by atoms with E-state index in [0.717, 1.165) is 19.3 Å². The first-order valence-electron chi connectivity index (χ1n) is 5.59. The Hall–Kier alpha value is -3.08. The van der Waals surface area contributed by atoms with Crippen molar-refractivity contribution < 1.29 is 23.9 Å². The van der Waals surface area contributed by atoms with Crippen molar-refractivity contribution in [3.05, 3.63) is 33.4 Å². The zero-order valence-corrected chi connectivity index (χ0v) is 11.6. The first-order valence-corrected chi connectivity index (χ1v) is 5.59. The number of nitro benzene ring substituents is 1. The van der Waals surface area contributed by atoms with E-state index in [1.807, 2.05) is 0 Å². The van der Waals surface area contributed by atoms with Crippen molar-refractivity contribution in [2.24, 2.45) is 0 Å². The highest BCUT2D eigenvalue weighted by molar-refractivity contribution is 5.98. The number of rotatable bonds is 5. The summed E-state index contributed by atoms with van der Waals surface area (Å²) in [5.41, 5.74) is -0.670. The smallest absolute Gasteiger partial charge is 0.348 e. The number of esters is 1. The predicted octanol–water partition coefficient (Wildman–Crippen LogP) is 1.69. The third kappa shape index (κ3) is 3.48. The molecule has 0 amide bonds. The number of nitro groups is 1. The summed E-state index contributed by atoms with van der Waals surface area (Å²) in [5, 5.41) is 20.0. The molecule has 110 valence electrons. The minimum absolute atomic E-state index is 0.0274. The molecule has 0 aliphatic carbocycles. The van der Waals surface area contributed by atoms with E-state index >= 15 is 0 Å². The second-order valence-electron chi connectivity index (χ2n) is 3.68. The van der Waals surface area contributed by atoms with Crippen LogP contribution in [0.2, 0.25) is 0 Å². The van der Waals surface area contributed by atoms with Crippen LogP contribution in [0.1, 0.15) is 5.56 Å². The molecule has 0 atom stereocenters. The van der Waals surface area contributed by atoms with Crippen molar-refractivity contribution in [1.29, 1.82) is 5.26 Å². The molecule has 0 saturated carbocycles. The lowest BCUT2D eigenvalue weighted by atomic mass is 10.1. The molecular formula is C13H12N2O6. The molecule has 0 saturated heterocycles. The van der Waals surface area contributed by atoms with Crippen LogP contribution in [0.4, 0.5) is 5.69 Å². The molecular weight excluding hydrogens is 280 g/mol. The summed E-state index contributed by atoms with van der Waals surface area (Å²) in [6.07, 6.45) is 1.06. The topological polar surface area (TPSA) is 112 Å². The molecule has 8 nitrogen and oxygen atoms in total. The molecule has 0 aromatic heterocycles. The fraction of sp³-hybridized carbons (Fsp3) is 0.231. The monoisotopic (exact) mass is 292 g/mol. The van der Waals surface area contributed by atoms with Gasteiger partial charge in [-0.2, -0.15) is 5.26 Å². The third-order valence-electron chi connectivity index (χ3n) is 2.56. The van der Waals surface area contributed by atoms with E-state index in [1.54, 1.807) is 6.07 Å². The zero-order valence-electron chi connectivity index (χ0n) is 11.6. The third-order valence-corrected chi connectivity index (χ3v) is 2.56. The van der Waals surface area contributed by atoms with Crippen LogP contribution in [0.25, 0.3) is 6.08 Å². The number of hydrogen-bond donors (Lipinski definition) is 0. The highest BCUT2D eigenvalue weighted by atomic mass is 16.6. The fourth-order valence-corrected chi connectivity index (χ4v) is 1.56. The van der Waals surface area contributed by atoms with E-state index in [9.17, 15) is 14.9 Å². The molecule has 8 heteroatoms. The number of carbonyl (C=O) groups is 1. The van der Waals surface area contributed by atoms with Gasteiger partial charge in [0.05, 0.1) is 37.9 Å². The Morgan fingerprint density at radius 2 is 1.86 bits per heavy atom. The maximum atomic E-state index is 11.4. The Balaban J connectivity index is 3.53. The number of methoxy groups -OCH3 is 3. The predicted molar refractivity (Wildman–Crippen MR) is 71.8 cm³/mol. The minimum atomic E-state index is -0.887. The lowest BCUT2D eigenvalue weighted by molar-refractivity contribution is -0.385. The first-order chi connectivity index (χ1) is 9.98. The number of ether oxygens (including phenoxy) is 3. The molecule has 0 unspecified atom stereocenters. The summed E-state index contributed by atoms with van der Waals surface area (Å²) in [5.74, 6) is -0.490. The summed E-state index contributed by atoms with van der Waals surface area (Å²) >= 11 is 0. The largest absolute Gasteiger partial charge is 0.493 e. The van der Waals surface area contributed by atoms with E-state index in [0.29, 0.717) is 0 Å². The molecule has 0 heterocycles. The maximum absolute atomic E-state index is 11.4. The van der Waals surface area contributed by atoms with Gasteiger partial charge in [-0.15, -0.1) is 0 Å². The second-order valence-corrected chi connectivity index (χ2v) is 3.68. The quantitative estimate of drug-likeness (QED) is 0.267. The van der Waals surface area contributed by atoms with Gasteiger partial charge in [-0.1, -0.05) is 0 Å². The van der Waals surface area contributed by atoms with Crippen LogP contribution in [0.15, 0.2) is 17.7 Å². The highest BCUT2D eigenvalue weighted by Gasteiger charge is 2.20. The van der Waals surface area contributed by atoms with Gasteiger partial charge in [0, 0.05) is 0 Å². The first kappa shape index (κ1) is 16.0. The summed E-state index contributed by atoms with van der Waals surface area (Å²) < 4.78 is 14.4. The normalized spacial score (nSPS) is 10.5. The lowest BCUT2D eigenvalue weighted by Gasteiger charge is -2.09. The molecule has 21 heavy (non-hydrogen) atoms. The maximum Gasteiger partial charge on any atom is 0.348 e. The highest BCUT2D eigenvalue weighted by Crippen LogP contribution is 2.35. The van der Waals surface area contributed by atoms with Gasteiger partial charge >= 0.3 is 5.97 Å². The standard InChI is InChI=1S/C13H12N2O6/c1-19-11-5-8(4-9(7-14)13(16)21-3)10(15(17)18)6-12(11)20-2/h4-6H,1-3H3/b9-4+. The van der Waals surface area contributed by atoms with Crippen LogP contribution in [0, 0.1) is 21.4 Å². The van der Waals surface area contributed by atoms with Crippen LogP contribution < -0.4 is 9.47 Å². The molecule has 0 bridgehead atoms. The molecule has 0 aliphatic heterocycles. The summed E-state index contributed by atoms with van der Waals surface area (Å²) in [6, 6.07) is 4.08. The summed E-state index contributed by atoms with van der Waals surface area (Å²) in [4.78, 5) is 21.8. The number of nitriles is 1. The number of hydrogen-bond acceptors (Lipinski definition) is 7. The Kier molecular flexibility index (Phi) is 5.25. The summed E-state index contributed by atoms with van der Waals surface area (Å²) in [7, 11) is 3.81. The number of benzene rings is 1. The van der Waals surface area contributed by atoms with E-state index in [1.165, 1.54) is 20.3 Å². The van der Waals surface area contributed by atoms with Crippen LogP contribution in [-0.4, -0.2) is 32.2 Å². The van der Waals surface area contributed by atoms with Gasteiger partial charge in [-0.3, -0.25) is 10.1 Å². The SMILES string of the molecule is COC(=O)/C(C#N)=C/c1cc(OC)c(OC)cc1[N+](=O)[O-]. The van der Waals surface area contributed by atoms with E-state index in [2.05, 4.69) is 4.74 Å². The average molecular weight is 292 g/mol. The van der Waals surface area contributed by atoms with Gasteiger partial charge in [0.15, 0.2) is 11.5 Å². The molecule has 1 aromatic rings. The summed E-state index contributed by atoms with van der Waals surface area (Å²) in [6.45, 7) is 0. The second kappa shape index (κ2) is 6.91. The Morgan fingerprint density at radius 1 is 1.29 bits per heavy atom. The Labute approximate surface area is 120 Å². The van der Waals surface area contributed by atoms with Gasteiger partial charge in [-0.25, -0.2) is 4.79 Å². The Morgan fingerprint density at radius 3 is 2.29 bits per heavy atom. The molecule has 0 fully saturated rings. The molecule has 1 aromatic carbocycles. The fourth-order valence-electron chi connectivity index (χ4n) is 1.56. The van der Waals surface area contributed by atoms with Crippen molar-refractivity contribution in [2.75, 3.05) is 21.3 Å². The molecule has 0 aliphatic rings. The number of nitrogens with zero attached hydrogens (tertiary/aromatic N) is 2. The van der Waals surface area contributed by atoms with Gasteiger partial charge in [0.1, 0.15) is 11.6 Å². The minimum Gasteiger partial charge on any atom is -0.493 e. The zero-order chi connectivity index (χ0) is 16.0. The van der Waals surface area contributed by atoms with Crippen LogP contribution in [0.3, 0.4) is 0 Å². The van der Waals surface area contributed by atoms with Crippen molar-refractivity contribution >= 4 is 17.7 Å². The van der Waals surface area contributed by atoms with Crippen molar-refractivity contribution in [3.8, 4) is 17.6 Å². The van der Waals surface area contributed by atoms with E-state index in [-0.39, 0.29) is 28.3 Å². The van der Waals surface area contributed by atoms with Crippen LogP contribution >= 0.6 is 0 Å². The molecule has 1 rings (SSSR count). The van der Waals surface area contributed by atoms with Gasteiger partial charge < -0.3 is 14.2 Å². The van der Waals surface area contributed by atoms with E-state index < -0.39 is 10.9 Å². The van der Waals surface area contributed by atoms with E-state index in [4.69, 9.17) is 14.7 Å². The van der Waals surface area contributed by atoms with Crippen molar-refractivity contribution in [3.63, 3.8) is 0 Å². The van der Waals surface area contributed by atoms with Gasteiger partial charge in [0.2, 0.25) is 0 Å². The van der Waals surface area contributed by atoms with Crippen molar-refractivity contribution in [2.45, 2.75) is 0 Å². The molecule has 0 spiro atoms. The number of carbonyl (C=O) groups excluding carboxylic acids is 1. The van der Waals surface area contributed by atoms with Gasteiger partial charge in [0.25, 0.3) is 5.69 Å². The molecule has 0 radical (unpaired) electrons. The van der Waals surface area contributed by atoms with Gasteiger partial charge in [-0.05, 0) is 12.1 Å². The van der Waals surface area contributed by atoms with Crippen LogP contribution in [-0.2, 0) is 9.53 Å². The average Bonchev–Trinajstić information content (AvgIpc) is 2.50.